The number of fused-ring (bicyclic) bond motifs is 3. The molecule has 3 aromatic carbocycles. The van der Waals surface area contributed by atoms with Gasteiger partial charge in [0.2, 0.25) is 5.75 Å². The quantitative estimate of drug-likeness (QED) is 0.184. The van der Waals surface area contributed by atoms with Crippen molar-refractivity contribution in [2.24, 2.45) is 0 Å². The zero-order valence-corrected chi connectivity index (χ0v) is 24.0. The number of aryl methyl sites for hydroxylation is 1. The van der Waals surface area contributed by atoms with Crippen LogP contribution in [0, 0.1) is 0 Å². The Morgan fingerprint density at radius 3 is 2.12 bits per heavy atom. The second-order valence-electron chi connectivity index (χ2n) is 9.18. The topological polar surface area (TPSA) is 126 Å². The van der Waals surface area contributed by atoms with Crippen molar-refractivity contribution in [3.63, 3.8) is 0 Å². The predicted octanol–water partition coefficient (Wildman–Crippen LogP) is 5.64. The van der Waals surface area contributed by atoms with Crippen molar-refractivity contribution < 1.29 is 42.1 Å². The molecule has 1 aromatic heterocycles. The van der Waals surface area contributed by atoms with Gasteiger partial charge >= 0.3 is 13.6 Å². The molecule has 40 heavy (non-hydrogen) atoms. The summed E-state index contributed by atoms with van der Waals surface area (Å²) in [7, 11) is 3.41. The number of hydrogen-bond donors (Lipinski definition) is 2. The lowest BCUT2D eigenvalue weighted by atomic mass is 10.0. The summed E-state index contributed by atoms with van der Waals surface area (Å²) in [6, 6.07) is 15.9. The van der Waals surface area contributed by atoms with E-state index in [1.165, 1.54) is 35.5 Å². The fraction of sp³-hybridized carbons (Fsp3) is 0.345. The van der Waals surface area contributed by atoms with Gasteiger partial charge in [0.1, 0.15) is 23.0 Å². The monoisotopic (exact) mass is 571 g/mol. The first-order valence-electron chi connectivity index (χ1n) is 12.7. The molecule has 0 aliphatic carbocycles. The number of methoxy groups -OCH3 is 3. The van der Waals surface area contributed by atoms with Gasteiger partial charge in [-0.25, -0.2) is 0 Å². The van der Waals surface area contributed by atoms with E-state index in [1.54, 1.807) is 12.1 Å². The third-order valence-corrected chi connectivity index (χ3v) is 9.08. The number of benzene rings is 3. The van der Waals surface area contributed by atoms with Crippen LogP contribution in [0.4, 0.5) is 0 Å². The standard InChI is InChI=1S/C29H34NO9P/c1-34-25-16-19(17-26(35-2)28(25)36-3)11-13-27(40(33,37-4)38-5)30-22(29(31)32)14-18-10-12-21-20-8-6-7-9-23(20)39-24(21)15-18/h6-10,12,15-17,22,27,30H,11,13-14H2,1-5H3,(H,31,32)/t22-,27+/m0/s1. The first-order chi connectivity index (χ1) is 19.3. The highest BCUT2D eigenvalue weighted by molar-refractivity contribution is 7.54. The van der Waals surface area contributed by atoms with Crippen molar-refractivity contribution in [1.82, 2.24) is 5.32 Å². The molecule has 2 atom stereocenters. The van der Waals surface area contributed by atoms with E-state index in [9.17, 15) is 14.5 Å². The van der Waals surface area contributed by atoms with Gasteiger partial charge in [-0.05, 0) is 54.7 Å². The minimum absolute atomic E-state index is 0.121. The van der Waals surface area contributed by atoms with E-state index in [2.05, 4.69) is 5.32 Å². The molecule has 0 spiro atoms. The minimum atomic E-state index is -3.72. The summed E-state index contributed by atoms with van der Waals surface area (Å²) in [6.45, 7) is 0. The van der Waals surface area contributed by atoms with E-state index in [-0.39, 0.29) is 12.8 Å². The zero-order chi connectivity index (χ0) is 28.9. The lowest BCUT2D eigenvalue weighted by Gasteiger charge is -2.28. The highest BCUT2D eigenvalue weighted by atomic mass is 31.2. The maximum absolute atomic E-state index is 13.5. The van der Waals surface area contributed by atoms with Gasteiger partial charge in [0.05, 0.1) is 21.3 Å². The molecule has 10 nitrogen and oxygen atoms in total. The molecular weight excluding hydrogens is 537 g/mol. The SMILES string of the molecule is COc1cc(CC[C@H](N[C@@H](Cc2ccc3c(c2)oc2ccccc23)C(=O)O)P(=O)(OC)OC)cc(OC)c1OC. The summed E-state index contributed by atoms with van der Waals surface area (Å²) in [6.07, 6.45) is 0.753. The van der Waals surface area contributed by atoms with Crippen molar-refractivity contribution in [3.8, 4) is 17.2 Å². The highest BCUT2D eigenvalue weighted by Crippen LogP contribution is 2.52. The molecule has 0 radical (unpaired) electrons. The molecule has 1 heterocycles. The molecule has 4 aromatic rings. The lowest BCUT2D eigenvalue weighted by molar-refractivity contribution is -0.139. The molecule has 0 saturated carbocycles. The van der Waals surface area contributed by atoms with Gasteiger partial charge in [-0.1, -0.05) is 30.3 Å². The number of carboxylic acids is 1. The van der Waals surface area contributed by atoms with Crippen molar-refractivity contribution >= 4 is 35.5 Å². The van der Waals surface area contributed by atoms with Crippen molar-refractivity contribution in [1.29, 1.82) is 0 Å². The predicted molar refractivity (Wildman–Crippen MR) is 152 cm³/mol. The molecule has 0 bridgehead atoms. The first kappa shape index (κ1) is 29.4. The Morgan fingerprint density at radius 1 is 0.875 bits per heavy atom. The van der Waals surface area contributed by atoms with Crippen LogP contribution in [0.2, 0.25) is 0 Å². The van der Waals surface area contributed by atoms with E-state index in [0.717, 1.165) is 27.5 Å². The molecule has 11 heteroatoms. The molecule has 0 aliphatic heterocycles. The highest BCUT2D eigenvalue weighted by Gasteiger charge is 2.37. The first-order valence-corrected chi connectivity index (χ1v) is 14.3. The summed E-state index contributed by atoms with van der Waals surface area (Å²) in [5, 5.41) is 15.1. The number of furan rings is 1. The fourth-order valence-corrected chi connectivity index (χ4v) is 6.29. The third kappa shape index (κ3) is 6.10. The van der Waals surface area contributed by atoms with Crippen LogP contribution in [0.1, 0.15) is 17.5 Å². The summed E-state index contributed by atoms with van der Waals surface area (Å²) in [4.78, 5) is 12.4. The van der Waals surface area contributed by atoms with Gasteiger partial charge in [0, 0.05) is 25.0 Å². The lowest BCUT2D eigenvalue weighted by Crippen LogP contribution is -2.45. The fourth-order valence-electron chi connectivity index (χ4n) is 4.83. The summed E-state index contributed by atoms with van der Waals surface area (Å²) in [5.41, 5.74) is 2.98. The van der Waals surface area contributed by atoms with Crippen molar-refractivity contribution in [2.45, 2.75) is 31.1 Å². The third-order valence-electron chi connectivity index (χ3n) is 6.90. The number of nitrogens with one attached hydrogen (secondary N) is 1. The summed E-state index contributed by atoms with van der Waals surface area (Å²) >= 11 is 0. The zero-order valence-electron chi connectivity index (χ0n) is 23.1. The van der Waals surface area contributed by atoms with Crippen LogP contribution in [0.5, 0.6) is 17.2 Å². The molecule has 0 fully saturated rings. The van der Waals surface area contributed by atoms with Crippen LogP contribution >= 0.6 is 7.60 Å². The Hall–Kier alpha value is -3.56. The van der Waals surface area contributed by atoms with E-state index in [1.807, 2.05) is 42.5 Å². The number of carboxylic acid groups (broad SMARTS) is 1. The molecule has 0 unspecified atom stereocenters. The number of aliphatic carboxylic acids is 1. The Balaban J connectivity index is 1.59. The van der Waals surface area contributed by atoms with Crippen LogP contribution < -0.4 is 19.5 Å². The summed E-state index contributed by atoms with van der Waals surface area (Å²) in [5.74, 6) is -0.603. The maximum atomic E-state index is 13.5. The Bertz CT molecular complexity index is 1500. The average Bonchev–Trinajstić information content (AvgIpc) is 3.35. The minimum Gasteiger partial charge on any atom is -0.493 e. The molecule has 0 aliphatic rings. The van der Waals surface area contributed by atoms with Crippen LogP contribution in [-0.2, 0) is 31.2 Å². The molecule has 0 saturated heterocycles. The largest absolute Gasteiger partial charge is 0.493 e. The number of hydrogen-bond acceptors (Lipinski definition) is 9. The van der Waals surface area contributed by atoms with E-state index in [4.69, 9.17) is 27.7 Å². The second-order valence-corrected chi connectivity index (χ2v) is 11.6. The van der Waals surface area contributed by atoms with Crippen LogP contribution in [0.15, 0.2) is 59.0 Å². The Kier molecular flexibility index (Phi) is 9.37. The number of carbonyl (C=O) groups is 1. The average molecular weight is 572 g/mol. The molecule has 2 N–H and O–H groups in total. The van der Waals surface area contributed by atoms with Crippen LogP contribution in [0.25, 0.3) is 21.9 Å². The van der Waals surface area contributed by atoms with Gasteiger partial charge in [-0.3, -0.25) is 14.7 Å². The van der Waals surface area contributed by atoms with Crippen LogP contribution in [0.3, 0.4) is 0 Å². The molecule has 0 amide bonds. The Labute approximate surface area is 232 Å². The summed E-state index contributed by atoms with van der Waals surface area (Å²) < 4.78 is 46.3. The van der Waals surface area contributed by atoms with Gasteiger partial charge in [-0.15, -0.1) is 0 Å². The number of rotatable bonds is 14. The van der Waals surface area contributed by atoms with Gasteiger partial charge < -0.3 is 32.8 Å². The van der Waals surface area contributed by atoms with Crippen molar-refractivity contribution in [3.05, 3.63) is 65.7 Å². The van der Waals surface area contributed by atoms with Gasteiger partial charge in [0.25, 0.3) is 0 Å². The molecule has 4 rings (SSSR count). The van der Waals surface area contributed by atoms with E-state index < -0.39 is 25.4 Å². The van der Waals surface area contributed by atoms with Crippen LogP contribution in [-0.4, -0.2) is 58.4 Å². The molecular formula is C29H34NO9P. The molecule has 214 valence electrons. The van der Waals surface area contributed by atoms with Gasteiger partial charge in [-0.2, -0.15) is 0 Å². The van der Waals surface area contributed by atoms with Gasteiger partial charge in [0.15, 0.2) is 11.5 Å². The number of ether oxygens (including phenoxy) is 3. The van der Waals surface area contributed by atoms with E-state index in [0.29, 0.717) is 29.3 Å². The van der Waals surface area contributed by atoms with E-state index >= 15 is 0 Å². The smallest absolute Gasteiger partial charge is 0.346 e. The van der Waals surface area contributed by atoms with Crippen molar-refractivity contribution in [2.75, 3.05) is 35.5 Å². The normalized spacial score (nSPS) is 13.3. The number of para-hydroxylation sites is 1. The Morgan fingerprint density at radius 2 is 1.52 bits per heavy atom. The maximum Gasteiger partial charge on any atom is 0.346 e. The second kappa shape index (κ2) is 12.7.